The molecule has 1 unspecified atom stereocenters. The molecule has 1 aromatic rings. The summed E-state index contributed by atoms with van der Waals surface area (Å²) in [4.78, 5) is 5.02. The molecule has 0 amide bonds. The lowest BCUT2D eigenvalue weighted by atomic mass is 9.94. The van der Waals surface area contributed by atoms with Gasteiger partial charge in [-0.05, 0) is 37.3 Å². The van der Waals surface area contributed by atoms with Crippen LogP contribution in [-0.2, 0) is 23.6 Å². The molecular formula is C13H19N3OS2. The van der Waals surface area contributed by atoms with E-state index in [-0.39, 0.29) is 0 Å². The van der Waals surface area contributed by atoms with Crippen molar-refractivity contribution in [2.24, 2.45) is 5.73 Å². The van der Waals surface area contributed by atoms with Crippen molar-refractivity contribution in [3.63, 3.8) is 0 Å². The molecule has 19 heavy (non-hydrogen) atoms. The van der Waals surface area contributed by atoms with Gasteiger partial charge in [0.2, 0.25) is 0 Å². The molecule has 3 N–H and O–H groups in total. The maximum atomic E-state index is 11.1. The second kappa shape index (κ2) is 6.43. The highest BCUT2D eigenvalue weighted by molar-refractivity contribution is 7.84. The number of rotatable bonds is 5. The number of hydrogen-bond acceptors (Lipinski definition) is 4. The van der Waals surface area contributed by atoms with Crippen molar-refractivity contribution >= 4 is 33.8 Å². The molecule has 1 atom stereocenters. The molecule has 1 aliphatic rings. The molecule has 0 bridgehead atoms. The predicted octanol–water partition coefficient (Wildman–Crippen LogP) is 1.39. The minimum absolute atomic E-state index is 0.362. The van der Waals surface area contributed by atoms with Crippen molar-refractivity contribution in [1.29, 1.82) is 0 Å². The molecule has 0 saturated carbocycles. The Kier molecular flexibility index (Phi) is 4.87. The zero-order valence-corrected chi connectivity index (χ0v) is 12.7. The van der Waals surface area contributed by atoms with Crippen LogP contribution < -0.4 is 11.1 Å². The summed E-state index contributed by atoms with van der Waals surface area (Å²) >= 11 is 5.09. The van der Waals surface area contributed by atoms with Gasteiger partial charge in [-0.15, -0.1) is 0 Å². The maximum Gasteiger partial charge on any atom is 0.136 e. The number of aromatic nitrogens is 1. The molecule has 6 heteroatoms. The third kappa shape index (κ3) is 3.73. The molecule has 1 heterocycles. The van der Waals surface area contributed by atoms with Crippen LogP contribution in [0.5, 0.6) is 0 Å². The van der Waals surface area contributed by atoms with E-state index in [9.17, 15) is 4.21 Å². The monoisotopic (exact) mass is 297 g/mol. The lowest BCUT2D eigenvalue weighted by molar-refractivity contribution is 0.668. The van der Waals surface area contributed by atoms with Crippen LogP contribution in [0.3, 0.4) is 0 Å². The molecule has 1 aliphatic carbocycles. The molecule has 1 aromatic heterocycles. The van der Waals surface area contributed by atoms with Crippen LogP contribution in [-0.4, -0.2) is 32.7 Å². The fourth-order valence-corrected chi connectivity index (χ4v) is 2.81. The molecule has 2 rings (SSSR count). The average Bonchev–Trinajstić information content (AvgIpc) is 2.37. The summed E-state index contributed by atoms with van der Waals surface area (Å²) in [6, 6.07) is 2.06. The van der Waals surface area contributed by atoms with E-state index in [0.29, 0.717) is 17.3 Å². The summed E-state index contributed by atoms with van der Waals surface area (Å²) in [7, 11) is -0.813. The second-order valence-electron chi connectivity index (χ2n) is 4.77. The number of pyridine rings is 1. The van der Waals surface area contributed by atoms with E-state index >= 15 is 0 Å². The summed E-state index contributed by atoms with van der Waals surface area (Å²) in [5, 5.41) is 3.20. The Morgan fingerprint density at radius 3 is 2.95 bits per heavy atom. The molecular weight excluding hydrogens is 278 g/mol. The number of thiocarbonyl (C=S) groups is 1. The summed E-state index contributed by atoms with van der Waals surface area (Å²) in [5.74, 6) is 1.33. The molecule has 0 fully saturated rings. The summed E-state index contributed by atoms with van der Waals surface area (Å²) in [5.41, 5.74) is 8.98. The first-order chi connectivity index (χ1) is 9.08. The number of nitrogens with zero attached hydrogens (tertiary/aromatic N) is 1. The minimum Gasteiger partial charge on any atom is -0.389 e. The van der Waals surface area contributed by atoms with E-state index in [4.69, 9.17) is 18.0 Å². The van der Waals surface area contributed by atoms with Gasteiger partial charge in [-0.2, -0.15) is 0 Å². The van der Waals surface area contributed by atoms with Gasteiger partial charge in [0.15, 0.2) is 0 Å². The van der Waals surface area contributed by atoms with Crippen molar-refractivity contribution in [2.75, 3.05) is 23.9 Å². The highest BCUT2D eigenvalue weighted by atomic mass is 32.2. The molecule has 0 radical (unpaired) electrons. The van der Waals surface area contributed by atoms with Gasteiger partial charge in [-0.1, -0.05) is 12.2 Å². The van der Waals surface area contributed by atoms with E-state index < -0.39 is 10.8 Å². The second-order valence-corrected chi connectivity index (χ2v) is 6.76. The van der Waals surface area contributed by atoms with E-state index in [0.717, 1.165) is 29.9 Å². The highest BCUT2D eigenvalue weighted by Gasteiger charge is 2.16. The lowest BCUT2D eigenvalue weighted by Crippen LogP contribution is -2.20. The zero-order valence-electron chi connectivity index (χ0n) is 11.1. The topological polar surface area (TPSA) is 68.0 Å². The summed E-state index contributed by atoms with van der Waals surface area (Å²) < 4.78 is 11.1. The molecule has 0 spiro atoms. The molecule has 104 valence electrons. The van der Waals surface area contributed by atoms with Gasteiger partial charge < -0.3 is 11.1 Å². The van der Waals surface area contributed by atoms with Crippen LogP contribution in [0.25, 0.3) is 0 Å². The van der Waals surface area contributed by atoms with Crippen LogP contribution in [0.1, 0.15) is 29.7 Å². The summed E-state index contributed by atoms with van der Waals surface area (Å²) in [6.45, 7) is 0.616. The minimum atomic E-state index is -0.813. The van der Waals surface area contributed by atoms with Crippen molar-refractivity contribution < 1.29 is 4.21 Å². The van der Waals surface area contributed by atoms with Crippen LogP contribution in [0.4, 0.5) is 5.82 Å². The van der Waals surface area contributed by atoms with Crippen molar-refractivity contribution in [3.05, 3.63) is 22.9 Å². The first-order valence-corrected chi connectivity index (χ1v) is 8.58. The van der Waals surface area contributed by atoms with Crippen LogP contribution in [0, 0.1) is 0 Å². The SMILES string of the molecule is CS(=O)CCNc1nc2c(cc1C(N)=S)CCCC2. The highest BCUT2D eigenvalue weighted by Crippen LogP contribution is 2.24. The van der Waals surface area contributed by atoms with E-state index in [1.165, 1.54) is 18.4 Å². The van der Waals surface area contributed by atoms with Crippen molar-refractivity contribution in [3.8, 4) is 0 Å². The lowest BCUT2D eigenvalue weighted by Gasteiger charge is -2.19. The van der Waals surface area contributed by atoms with Crippen molar-refractivity contribution in [2.45, 2.75) is 25.7 Å². The third-order valence-corrected chi connectivity index (χ3v) is 4.25. The van der Waals surface area contributed by atoms with Gasteiger partial charge in [0.25, 0.3) is 0 Å². The largest absolute Gasteiger partial charge is 0.389 e. The first kappa shape index (κ1) is 14.4. The summed E-state index contributed by atoms with van der Waals surface area (Å²) in [6.07, 6.45) is 6.15. The van der Waals surface area contributed by atoms with E-state index in [2.05, 4.69) is 16.4 Å². The molecule has 0 aromatic carbocycles. The Hall–Kier alpha value is -1.01. The molecule has 0 aliphatic heterocycles. The van der Waals surface area contributed by atoms with Crippen LogP contribution >= 0.6 is 12.2 Å². The number of fused-ring (bicyclic) bond motifs is 1. The Balaban J connectivity index is 2.24. The quantitative estimate of drug-likeness (QED) is 0.804. The predicted molar refractivity (Wildman–Crippen MR) is 84.2 cm³/mol. The number of hydrogen-bond donors (Lipinski definition) is 2. The Labute approximate surface area is 121 Å². The number of nitrogens with one attached hydrogen (secondary N) is 1. The van der Waals surface area contributed by atoms with Crippen LogP contribution in [0.2, 0.25) is 0 Å². The standard InChI is InChI=1S/C13H19N3OS2/c1-19(17)7-6-15-13-10(12(14)18)8-9-4-2-3-5-11(9)16-13/h8H,2-7H2,1H3,(H2,14,18)(H,15,16). The Morgan fingerprint density at radius 1 is 1.53 bits per heavy atom. The van der Waals surface area contributed by atoms with E-state index in [1.807, 2.05) is 0 Å². The number of anilines is 1. The first-order valence-electron chi connectivity index (χ1n) is 6.44. The van der Waals surface area contributed by atoms with Gasteiger partial charge in [0.1, 0.15) is 10.8 Å². The van der Waals surface area contributed by atoms with Gasteiger partial charge in [-0.25, -0.2) is 4.98 Å². The van der Waals surface area contributed by atoms with Crippen LogP contribution in [0.15, 0.2) is 6.07 Å². The van der Waals surface area contributed by atoms with Gasteiger partial charge in [0.05, 0.1) is 5.56 Å². The molecule has 0 saturated heterocycles. The third-order valence-electron chi connectivity index (χ3n) is 3.25. The number of aryl methyl sites for hydroxylation is 2. The fraction of sp³-hybridized carbons (Fsp3) is 0.538. The van der Waals surface area contributed by atoms with Gasteiger partial charge in [0, 0.05) is 35.0 Å². The average molecular weight is 297 g/mol. The Bertz CT molecular complexity index is 517. The van der Waals surface area contributed by atoms with Gasteiger partial charge >= 0.3 is 0 Å². The maximum absolute atomic E-state index is 11.1. The molecule has 4 nitrogen and oxygen atoms in total. The van der Waals surface area contributed by atoms with Gasteiger partial charge in [-0.3, -0.25) is 4.21 Å². The number of nitrogens with two attached hydrogens (primary N) is 1. The van der Waals surface area contributed by atoms with E-state index in [1.54, 1.807) is 6.26 Å². The zero-order chi connectivity index (χ0) is 13.8. The fourth-order valence-electron chi connectivity index (χ4n) is 2.27. The van der Waals surface area contributed by atoms with Crippen molar-refractivity contribution in [1.82, 2.24) is 4.98 Å². The normalized spacial score (nSPS) is 15.6. The smallest absolute Gasteiger partial charge is 0.136 e. The Morgan fingerprint density at radius 2 is 2.26 bits per heavy atom.